The van der Waals surface area contributed by atoms with Gasteiger partial charge in [0.05, 0.1) is 24.5 Å². The number of fused-ring (bicyclic) bond motifs is 2. The SMILES string of the molecule is O=C1Nc2cc(C[C@H](Br)OCCO)ccc2/C1=C1/Nc2ccccc2/C1=N\O. The molecule has 0 unspecified atom stereocenters. The number of aliphatic hydroxyl groups is 1. The van der Waals surface area contributed by atoms with Crippen molar-refractivity contribution in [2.24, 2.45) is 5.16 Å². The lowest BCUT2D eigenvalue weighted by Crippen LogP contribution is -2.12. The highest BCUT2D eigenvalue weighted by atomic mass is 79.9. The lowest BCUT2D eigenvalue weighted by molar-refractivity contribution is -0.110. The van der Waals surface area contributed by atoms with Gasteiger partial charge in [-0.2, -0.15) is 0 Å². The highest BCUT2D eigenvalue weighted by Crippen LogP contribution is 2.39. The third-order valence-corrected chi connectivity index (χ3v) is 5.23. The number of carbonyl (C=O) groups excluding carboxylic acids is 1. The van der Waals surface area contributed by atoms with E-state index in [0.717, 1.165) is 22.4 Å². The van der Waals surface area contributed by atoms with Gasteiger partial charge >= 0.3 is 0 Å². The van der Waals surface area contributed by atoms with Crippen molar-refractivity contribution in [3.05, 3.63) is 64.9 Å². The van der Waals surface area contributed by atoms with Gasteiger partial charge in [-0.05, 0) is 17.7 Å². The molecule has 0 bridgehead atoms. The van der Waals surface area contributed by atoms with Crippen LogP contribution in [0.2, 0.25) is 0 Å². The Hall–Kier alpha value is -2.68. The smallest absolute Gasteiger partial charge is 0.258 e. The van der Waals surface area contributed by atoms with Crippen molar-refractivity contribution in [3.63, 3.8) is 0 Å². The number of ether oxygens (including phenoxy) is 1. The van der Waals surface area contributed by atoms with E-state index in [1.807, 2.05) is 42.5 Å². The first-order valence-corrected chi connectivity index (χ1v) is 9.68. The third kappa shape index (κ3) is 3.30. The Bertz CT molecular complexity index is 1000. The van der Waals surface area contributed by atoms with E-state index in [0.29, 0.717) is 29.1 Å². The molecule has 28 heavy (non-hydrogen) atoms. The molecule has 2 aliphatic rings. The van der Waals surface area contributed by atoms with Gasteiger partial charge in [-0.3, -0.25) is 4.79 Å². The number of halogens is 1. The maximum absolute atomic E-state index is 12.7. The van der Waals surface area contributed by atoms with Crippen LogP contribution >= 0.6 is 15.9 Å². The minimum Gasteiger partial charge on any atom is -0.410 e. The number of oxime groups is 1. The minimum absolute atomic E-state index is 0.0383. The lowest BCUT2D eigenvalue weighted by Gasteiger charge is -2.11. The summed E-state index contributed by atoms with van der Waals surface area (Å²) in [6.45, 7) is 0.215. The first-order chi connectivity index (χ1) is 13.6. The van der Waals surface area contributed by atoms with Crippen molar-refractivity contribution < 1.29 is 19.8 Å². The summed E-state index contributed by atoms with van der Waals surface area (Å²) in [5.41, 5.74) is 5.22. The van der Waals surface area contributed by atoms with Gasteiger partial charge in [0.15, 0.2) is 0 Å². The molecule has 0 aromatic heterocycles. The molecule has 0 spiro atoms. The van der Waals surface area contributed by atoms with Crippen LogP contribution in [0, 0.1) is 0 Å². The lowest BCUT2D eigenvalue weighted by atomic mass is 9.99. The van der Waals surface area contributed by atoms with Gasteiger partial charge in [0, 0.05) is 28.9 Å². The number of rotatable bonds is 5. The van der Waals surface area contributed by atoms with E-state index in [1.165, 1.54) is 0 Å². The number of para-hydroxylation sites is 1. The Labute approximate surface area is 169 Å². The zero-order valence-electron chi connectivity index (χ0n) is 14.8. The number of hydrogen-bond acceptors (Lipinski definition) is 6. The van der Waals surface area contributed by atoms with Crippen LogP contribution in [0.5, 0.6) is 0 Å². The van der Waals surface area contributed by atoms with Gasteiger partial charge in [-0.15, -0.1) is 0 Å². The van der Waals surface area contributed by atoms with Crippen molar-refractivity contribution >= 4 is 44.5 Å². The van der Waals surface area contributed by atoms with E-state index < -0.39 is 0 Å². The summed E-state index contributed by atoms with van der Waals surface area (Å²) in [5, 5.41) is 27.7. The van der Waals surface area contributed by atoms with Gasteiger partial charge in [0.1, 0.15) is 10.7 Å². The predicted molar refractivity (Wildman–Crippen MR) is 110 cm³/mol. The van der Waals surface area contributed by atoms with Crippen LogP contribution in [0.3, 0.4) is 0 Å². The fraction of sp³-hybridized carbons (Fsp3) is 0.200. The fourth-order valence-corrected chi connectivity index (χ4v) is 3.99. The summed E-state index contributed by atoms with van der Waals surface area (Å²) >= 11 is 3.42. The van der Waals surface area contributed by atoms with Crippen molar-refractivity contribution in [2.75, 3.05) is 23.8 Å². The largest absolute Gasteiger partial charge is 0.410 e. The number of benzene rings is 2. The van der Waals surface area contributed by atoms with E-state index in [-0.39, 0.29) is 24.1 Å². The van der Waals surface area contributed by atoms with Gasteiger partial charge in [0.2, 0.25) is 0 Å². The summed E-state index contributed by atoms with van der Waals surface area (Å²) in [6.07, 6.45) is 0.585. The standard InChI is InChI=1S/C20H18BrN3O4/c21-16(28-8-7-25)10-11-5-6-12-15(9-11)23-20(26)17(12)19-18(24-27)13-3-1-2-4-14(13)22-19/h1-6,9,16,22,25,27H,7-8,10H2,(H,23,26)/b19-17-,24-18+/t16-/m1/s1. The Balaban J connectivity index is 1.68. The average Bonchev–Trinajstić information content (AvgIpc) is 3.21. The minimum atomic E-state index is -0.254. The zero-order chi connectivity index (χ0) is 19.7. The Morgan fingerprint density at radius 2 is 1.93 bits per heavy atom. The van der Waals surface area contributed by atoms with Crippen LogP contribution in [0.25, 0.3) is 5.57 Å². The Morgan fingerprint density at radius 1 is 1.11 bits per heavy atom. The number of nitrogens with one attached hydrogen (secondary N) is 2. The van der Waals surface area contributed by atoms with Crippen LogP contribution in [0.1, 0.15) is 16.7 Å². The predicted octanol–water partition coefficient (Wildman–Crippen LogP) is 2.93. The molecular weight excluding hydrogens is 426 g/mol. The second-order valence-corrected chi connectivity index (χ2v) is 7.43. The number of hydrogen-bond donors (Lipinski definition) is 4. The zero-order valence-corrected chi connectivity index (χ0v) is 16.4. The van der Waals surface area contributed by atoms with Crippen molar-refractivity contribution in [1.29, 1.82) is 0 Å². The maximum Gasteiger partial charge on any atom is 0.258 e. The van der Waals surface area contributed by atoms with E-state index in [2.05, 4.69) is 31.7 Å². The molecule has 4 N–H and O–H groups in total. The number of amides is 1. The number of alkyl halides is 1. The molecule has 0 saturated heterocycles. The molecule has 0 saturated carbocycles. The number of aliphatic hydroxyl groups excluding tert-OH is 1. The van der Waals surface area contributed by atoms with Gasteiger partial charge in [0.25, 0.3) is 5.91 Å². The first kappa shape index (κ1) is 18.7. The molecule has 2 aromatic rings. The quantitative estimate of drug-likeness (QED) is 0.246. The molecule has 2 aromatic carbocycles. The van der Waals surface area contributed by atoms with Crippen molar-refractivity contribution in [2.45, 2.75) is 11.4 Å². The molecule has 2 heterocycles. The van der Waals surface area contributed by atoms with Crippen LogP contribution in [0.4, 0.5) is 11.4 Å². The number of carbonyl (C=O) groups is 1. The normalized spacial score (nSPS) is 19.9. The van der Waals surface area contributed by atoms with Crippen LogP contribution in [-0.4, -0.2) is 40.2 Å². The van der Waals surface area contributed by atoms with Crippen LogP contribution in [-0.2, 0) is 16.0 Å². The highest BCUT2D eigenvalue weighted by molar-refractivity contribution is 9.09. The summed E-state index contributed by atoms with van der Waals surface area (Å²) in [6, 6.07) is 13.1. The molecule has 0 radical (unpaired) electrons. The Kier molecular flexibility index (Phi) is 5.17. The van der Waals surface area contributed by atoms with Gasteiger partial charge in [-0.25, -0.2) is 0 Å². The fourth-order valence-electron chi connectivity index (χ4n) is 3.43. The maximum atomic E-state index is 12.7. The molecule has 4 rings (SSSR count). The van der Waals surface area contributed by atoms with E-state index in [9.17, 15) is 10.0 Å². The molecule has 2 aliphatic heterocycles. The monoisotopic (exact) mass is 443 g/mol. The van der Waals surface area contributed by atoms with Crippen molar-refractivity contribution in [1.82, 2.24) is 0 Å². The second kappa shape index (κ2) is 7.75. The van der Waals surface area contributed by atoms with Crippen LogP contribution < -0.4 is 10.6 Å². The molecule has 0 fully saturated rings. The summed E-state index contributed by atoms with van der Waals surface area (Å²) in [4.78, 5) is 12.7. The number of nitrogens with zero attached hydrogens (tertiary/aromatic N) is 1. The molecule has 8 heteroatoms. The van der Waals surface area contributed by atoms with Crippen LogP contribution in [0.15, 0.2) is 53.3 Å². The second-order valence-electron chi connectivity index (χ2n) is 6.41. The van der Waals surface area contributed by atoms with E-state index in [1.54, 1.807) is 0 Å². The third-order valence-electron chi connectivity index (χ3n) is 4.64. The summed E-state index contributed by atoms with van der Waals surface area (Å²) in [5.74, 6) is -0.254. The van der Waals surface area contributed by atoms with Gasteiger partial charge < -0.3 is 25.7 Å². The molecule has 1 amide bonds. The van der Waals surface area contributed by atoms with Crippen molar-refractivity contribution in [3.8, 4) is 0 Å². The summed E-state index contributed by atoms with van der Waals surface area (Å²) in [7, 11) is 0. The topological polar surface area (TPSA) is 103 Å². The Morgan fingerprint density at radius 3 is 2.71 bits per heavy atom. The number of anilines is 2. The first-order valence-electron chi connectivity index (χ1n) is 8.76. The van der Waals surface area contributed by atoms with E-state index >= 15 is 0 Å². The molecular formula is C20H18BrN3O4. The molecule has 144 valence electrons. The number of allylic oxidation sites excluding steroid dienone is 1. The molecule has 0 aliphatic carbocycles. The molecule has 7 nitrogen and oxygen atoms in total. The average molecular weight is 444 g/mol. The summed E-state index contributed by atoms with van der Waals surface area (Å²) < 4.78 is 5.42. The molecule has 1 atom stereocenters. The highest BCUT2D eigenvalue weighted by Gasteiger charge is 2.34. The van der Waals surface area contributed by atoms with Gasteiger partial charge in [-0.1, -0.05) is 51.4 Å². The van der Waals surface area contributed by atoms with E-state index in [4.69, 9.17) is 9.84 Å².